The molecule has 1 aliphatic rings. The van der Waals surface area contributed by atoms with Crippen molar-refractivity contribution in [1.29, 1.82) is 0 Å². The Balaban J connectivity index is 1.61. The van der Waals surface area contributed by atoms with E-state index in [-0.39, 0.29) is 17.4 Å². The molecule has 28 heavy (non-hydrogen) atoms. The molecule has 2 aromatic carbocycles. The van der Waals surface area contributed by atoms with Crippen molar-refractivity contribution in [2.45, 2.75) is 31.6 Å². The predicted octanol–water partition coefficient (Wildman–Crippen LogP) is 2.79. The third-order valence-corrected chi connectivity index (χ3v) is 5.78. The van der Waals surface area contributed by atoms with E-state index in [1.54, 1.807) is 18.2 Å². The molecule has 2 N–H and O–H groups in total. The minimum Gasteiger partial charge on any atom is -0.484 e. The lowest BCUT2D eigenvalue weighted by Crippen LogP contribution is -2.29. The standard InChI is InChI=1S/C20H23N3O4S/c1-14-8-9-17(11-15(14)2)27-13-20(24)22-16-5-3-6-18(12-16)28(25,26)23-19-7-4-10-21-19/h3,5-6,8-9,11-12H,4,7,10,13H2,1-2H3,(H,21,23)(H,22,24). The van der Waals surface area contributed by atoms with E-state index in [2.05, 4.69) is 15.0 Å². The molecular formula is C20H23N3O4S. The van der Waals surface area contributed by atoms with Crippen molar-refractivity contribution < 1.29 is 17.9 Å². The number of benzene rings is 2. The molecule has 0 atom stereocenters. The summed E-state index contributed by atoms with van der Waals surface area (Å²) in [6.07, 6.45) is 1.46. The Morgan fingerprint density at radius 1 is 1.14 bits per heavy atom. The second-order valence-corrected chi connectivity index (χ2v) is 8.33. The van der Waals surface area contributed by atoms with E-state index in [1.165, 1.54) is 12.1 Å². The van der Waals surface area contributed by atoms with Gasteiger partial charge in [0.15, 0.2) is 6.61 Å². The van der Waals surface area contributed by atoms with Gasteiger partial charge in [0.1, 0.15) is 11.6 Å². The highest BCUT2D eigenvalue weighted by Crippen LogP contribution is 2.18. The van der Waals surface area contributed by atoms with Gasteiger partial charge in [-0.25, -0.2) is 8.42 Å². The van der Waals surface area contributed by atoms with Gasteiger partial charge in [0, 0.05) is 18.7 Å². The number of nitrogens with zero attached hydrogens (tertiary/aromatic N) is 1. The summed E-state index contributed by atoms with van der Waals surface area (Å²) in [5.41, 5.74) is 2.60. The number of amides is 1. The molecule has 7 nitrogen and oxygen atoms in total. The summed E-state index contributed by atoms with van der Waals surface area (Å²) in [4.78, 5) is 16.3. The number of hydrogen-bond acceptors (Lipinski definition) is 5. The van der Waals surface area contributed by atoms with E-state index in [0.717, 1.165) is 17.5 Å². The Bertz CT molecular complexity index is 1020. The molecule has 8 heteroatoms. The number of ether oxygens (including phenoxy) is 1. The number of carbonyl (C=O) groups is 1. The number of rotatable bonds is 6. The topological polar surface area (TPSA) is 96.9 Å². The molecule has 148 valence electrons. The third kappa shape index (κ3) is 5.10. The molecule has 1 aliphatic heterocycles. The third-order valence-electron chi connectivity index (χ3n) is 4.40. The van der Waals surface area contributed by atoms with Crippen molar-refractivity contribution in [2.75, 3.05) is 18.5 Å². The van der Waals surface area contributed by atoms with Crippen LogP contribution in [0.5, 0.6) is 5.75 Å². The number of sulfonamides is 1. The smallest absolute Gasteiger partial charge is 0.262 e. The SMILES string of the molecule is Cc1ccc(OCC(=O)Nc2cccc(S(=O)(=O)NC3=NCCC3)c2)cc1C. The highest BCUT2D eigenvalue weighted by atomic mass is 32.2. The summed E-state index contributed by atoms with van der Waals surface area (Å²) >= 11 is 0. The molecule has 0 unspecified atom stereocenters. The summed E-state index contributed by atoms with van der Waals surface area (Å²) in [5.74, 6) is 0.702. The molecule has 2 aromatic rings. The Morgan fingerprint density at radius 3 is 2.68 bits per heavy atom. The van der Waals surface area contributed by atoms with Gasteiger partial charge in [-0.05, 0) is 61.7 Å². The van der Waals surface area contributed by atoms with Crippen LogP contribution in [-0.2, 0) is 14.8 Å². The molecule has 0 spiro atoms. The van der Waals surface area contributed by atoms with Crippen LogP contribution in [0.3, 0.4) is 0 Å². The number of aryl methyl sites for hydroxylation is 2. The average Bonchev–Trinajstić information content (AvgIpc) is 3.15. The van der Waals surface area contributed by atoms with Crippen molar-refractivity contribution >= 4 is 27.5 Å². The largest absolute Gasteiger partial charge is 0.484 e. The van der Waals surface area contributed by atoms with Crippen LogP contribution in [0.2, 0.25) is 0 Å². The van der Waals surface area contributed by atoms with E-state index < -0.39 is 10.0 Å². The maximum absolute atomic E-state index is 12.5. The molecule has 1 amide bonds. The first-order valence-corrected chi connectivity index (χ1v) is 10.5. The molecule has 0 fully saturated rings. The van der Waals surface area contributed by atoms with Gasteiger partial charge in [0.25, 0.3) is 15.9 Å². The Morgan fingerprint density at radius 2 is 1.96 bits per heavy atom. The number of hydrogen-bond donors (Lipinski definition) is 2. The molecule has 0 saturated carbocycles. The zero-order chi connectivity index (χ0) is 20.1. The van der Waals surface area contributed by atoms with Gasteiger partial charge in [-0.3, -0.25) is 14.5 Å². The summed E-state index contributed by atoms with van der Waals surface area (Å²) in [5, 5.41) is 2.66. The quantitative estimate of drug-likeness (QED) is 0.778. The van der Waals surface area contributed by atoms with Gasteiger partial charge in [-0.1, -0.05) is 12.1 Å². The van der Waals surface area contributed by atoms with Crippen LogP contribution in [0.1, 0.15) is 24.0 Å². The van der Waals surface area contributed by atoms with Crippen molar-refractivity contribution in [3.63, 3.8) is 0 Å². The van der Waals surface area contributed by atoms with Crippen LogP contribution in [0, 0.1) is 13.8 Å². The van der Waals surface area contributed by atoms with Crippen LogP contribution < -0.4 is 14.8 Å². The number of nitrogens with one attached hydrogen (secondary N) is 2. The van der Waals surface area contributed by atoms with Crippen LogP contribution in [0.25, 0.3) is 0 Å². The molecule has 3 rings (SSSR count). The van der Waals surface area contributed by atoms with Crippen LogP contribution >= 0.6 is 0 Å². The van der Waals surface area contributed by atoms with Gasteiger partial charge in [0.2, 0.25) is 0 Å². The molecule has 0 aromatic heterocycles. The Hall–Kier alpha value is -2.87. The second-order valence-electron chi connectivity index (χ2n) is 6.65. The first kappa shape index (κ1) is 19.9. The van der Waals surface area contributed by atoms with E-state index >= 15 is 0 Å². The highest BCUT2D eigenvalue weighted by Gasteiger charge is 2.18. The molecular weight excluding hydrogens is 378 g/mol. The van der Waals surface area contributed by atoms with Crippen LogP contribution in [0.15, 0.2) is 52.4 Å². The van der Waals surface area contributed by atoms with Crippen molar-refractivity contribution in [3.05, 3.63) is 53.6 Å². The first-order valence-electron chi connectivity index (χ1n) is 8.99. The lowest BCUT2D eigenvalue weighted by atomic mass is 10.1. The van der Waals surface area contributed by atoms with Crippen LogP contribution in [0.4, 0.5) is 5.69 Å². The summed E-state index contributed by atoms with van der Waals surface area (Å²) in [7, 11) is -3.73. The fourth-order valence-corrected chi connectivity index (χ4v) is 3.86. The fraction of sp³-hybridized carbons (Fsp3) is 0.300. The molecule has 0 radical (unpaired) electrons. The minimum absolute atomic E-state index is 0.0648. The van der Waals surface area contributed by atoms with E-state index in [9.17, 15) is 13.2 Å². The number of amidine groups is 1. The summed E-state index contributed by atoms with van der Waals surface area (Å²) in [6.45, 7) is 4.43. The first-order chi connectivity index (χ1) is 13.3. The van der Waals surface area contributed by atoms with E-state index in [4.69, 9.17) is 4.74 Å². The Labute approximate surface area is 164 Å². The van der Waals surface area contributed by atoms with E-state index in [0.29, 0.717) is 30.2 Å². The fourth-order valence-electron chi connectivity index (χ4n) is 2.73. The molecule has 1 heterocycles. The number of anilines is 1. The van der Waals surface area contributed by atoms with Crippen molar-refractivity contribution in [3.8, 4) is 5.75 Å². The molecule has 0 bridgehead atoms. The molecule has 0 saturated heterocycles. The average molecular weight is 401 g/mol. The normalized spacial score (nSPS) is 13.7. The molecule has 0 aliphatic carbocycles. The number of aliphatic imine (C=N–C) groups is 1. The summed E-state index contributed by atoms with van der Waals surface area (Å²) in [6, 6.07) is 11.7. The number of carbonyl (C=O) groups excluding carboxylic acids is 1. The lowest BCUT2D eigenvalue weighted by molar-refractivity contribution is -0.118. The minimum atomic E-state index is -3.73. The zero-order valence-corrected chi connectivity index (χ0v) is 16.7. The summed E-state index contributed by atoms with van der Waals surface area (Å²) < 4.78 is 32.9. The van der Waals surface area contributed by atoms with Gasteiger partial charge < -0.3 is 10.1 Å². The zero-order valence-electron chi connectivity index (χ0n) is 15.9. The van der Waals surface area contributed by atoms with Gasteiger partial charge in [-0.15, -0.1) is 0 Å². The second kappa shape index (κ2) is 8.43. The maximum Gasteiger partial charge on any atom is 0.262 e. The Kier molecular flexibility index (Phi) is 5.99. The van der Waals surface area contributed by atoms with Crippen molar-refractivity contribution in [1.82, 2.24) is 4.72 Å². The highest BCUT2D eigenvalue weighted by molar-refractivity contribution is 7.90. The van der Waals surface area contributed by atoms with Gasteiger partial charge >= 0.3 is 0 Å². The van der Waals surface area contributed by atoms with E-state index in [1.807, 2.05) is 26.0 Å². The van der Waals surface area contributed by atoms with Crippen LogP contribution in [-0.4, -0.2) is 33.3 Å². The maximum atomic E-state index is 12.5. The van der Waals surface area contributed by atoms with Gasteiger partial charge in [0.05, 0.1) is 4.90 Å². The van der Waals surface area contributed by atoms with Crippen molar-refractivity contribution in [2.24, 2.45) is 4.99 Å². The predicted molar refractivity (Wildman–Crippen MR) is 108 cm³/mol. The lowest BCUT2D eigenvalue weighted by Gasteiger charge is -2.11. The monoisotopic (exact) mass is 401 g/mol. The van der Waals surface area contributed by atoms with Gasteiger partial charge in [-0.2, -0.15) is 0 Å².